The van der Waals surface area contributed by atoms with E-state index in [1.807, 2.05) is 78.9 Å². The van der Waals surface area contributed by atoms with Crippen molar-refractivity contribution in [2.45, 2.75) is 75.8 Å². The molecule has 1 aromatic heterocycles. The maximum atomic E-state index is 13.1. The molecule has 1 aliphatic rings. The van der Waals surface area contributed by atoms with Crippen molar-refractivity contribution in [1.82, 2.24) is 9.55 Å². The molecule has 1 saturated heterocycles. The maximum absolute atomic E-state index is 13.1. The van der Waals surface area contributed by atoms with E-state index in [1.54, 1.807) is 21.1 Å². The molecule has 1 unspecified atom stereocenters. The molecule has 1 aliphatic heterocycles. The van der Waals surface area contributed by atoms with Gasteiger partial charge in [0.05, 0.1) is 26.9 Å². The smallest absolute Gasteiger partial charge is 0.330 e. The van der Waals surface area contributed by atoms with Crippen LogP contribution in [0.15, 0.2) is 94.6 Å². The van der Waals surface area contributed by atoms with E-state index in [9.17, 15) is 9.59 Å². The van der Waals surface area contributed by atoms with Gasteiger partial charge in [0.1, 0.15) is 28.9 Å². The van der Waals surface area contributed by atoms with Crippen LogP contribution in [0.2, 0.25) is 18.1 Å². The largest absolute Gasteiger partial charge is 0.497 e. The molecule has 2 heterocycles. The number of aromatic nitrogens is 2. The number of ether oxygens (including phenoxy) is 4. The molecule has 0 aliphatic carbocycles. The third kappa shape index (κ3) is 7.04. The summed E-state index contributed by atoms with van der Waals surface area (Å²) in [6, 6.07) is 25.6. The Morgan fingerprint density at radius 2 is 1.43 bits per heavy atom. The lowest BCUT2D eigenvalue weighted by molar-refractivity contribution is -0.153. The van der Waals surface area contributed by atoms with E-state index in [0.29, 0.717) is 23.5 Å². The zero-order chi connectivity index (χ0) is 35.6. The van der Waals surface area contributed by atoms with Crippen LogP contribution in [0.4, 0.5) is 0 Å². The summed E-state index contributed by atoms with van der Waals surface area (Å²) in [6.45, 7) is 12.6. The van der Waals surface area contributed by atoms with Crippen LogP contribution in [-0.4, -0.2) is 56.9 Å². The van der Waals surface area contributed by atoms with Crippen molar-refractivity contribution in [3.8, 4) is 11.5 Å². The molecule has 3 N–H and O–H groups in total. The SMILES string of the molecule is COc1ccc(C(OC[C@@]2(CN)O[C@@H](n3cc(C)c(=O)[nH]c3=O)CC2O[Si](C)(C)C(C)(C)C)(c2ccccc2)c2ccc(OC)cc2)cc1. The number of H-pyrrole nitrogens is 1. The van der Waals surface area contributed by atoms with Crippen LogP contribution in [-0.2, 0) is 19.5 Å². The average molecular weight is 688 g/mol. The zero-order valence-electron chi connectivity index (χ0n) is 29.7. The second kappa shape index (κ2) is 14.1. The summed E-state index contributed by atoms with van der Waals surface area (Å²) >= 11 is 0. The number of nitrogens with one attached hydrogen (secondary N) is 1. The summed E-state index contributed by atoms with van der Waals surface area (Å²) in [5, 5.41) is -0.113. The molecule has 0 spiro atoms. The van der Waals surface area contributed by atoms with E-state index in [-0.39, 0.29) is 18.2 Å². The summed E-state index contributed by atoms with van der Waals surface area (Å²) < 4.78 is 33.7. The molecule has 3 atom stereocenters. The number of methoxy groups -OCH3 is 2. The molecule has 49 heavy (non-hydrogen) atoms. The van der Waals surface area contributed by atoms with Crippen molar-refractivity contribution >= 4 is 8.32 Å². The molecule has 0 saturated carbocycles. The minimum absolute atomic E-state index is 0.0172. The van der Waals surface area contributed by atoms with Gasteiger partial charge in [-0.15, -0.1) is 0 Å². The fourth-order valence-electron chi connectivity index (χ4n) is 6.12. The summed E-state index contributed by atoms with van der Waals surface area (Å²) in [4.78, 5) is 27.8. The average Bonchev–Trinajstić information content (AvgIpc) is 3.44. The molecule has 4 aromatic rings. The zero-order valence-corrected chi connectivity index (χ0v) is 30.7. The summed E-state index contributed by atoms with van der Waals surface area (Å²) in [7, 11) is 0.879. The Morgan fingerprint density at radius 3 is 1.92 bits per heavy atom. The fourth-order valence-corrected chi connectivity index (χ4v) is 7.50. The van der Waals surface area contributed by atoms with Gasteiger partial charge in [-0.3, -0.25) is 14.3 Å². The predicted molar refractivity (Wildman–Crippen MR) is 193 cm³/mol. The number of hydrogen-bond donors (Lipinski definition) is 2. The quantitative estimate of drug-likeness (QED) is 0.140. The summed E-state index contributed by atoms with van der Waals surface area (Å²) in [5.41, 5.74) is 6.41. The monoisotopic (exact) mass is 687 g/mol. The Morgan fingerprint density at radius 1 is 0.898 bits per heavy atom. The highest BCUT2D eigenvalue weighted by Crippen LogP contribution is 2.47. The third-order valence-electron chi connectivity index (χ3n) is 10.1. The van der Waals surface area contributed by atoms with E-state index in [1.165, 1.54) is 10.8 Å². The maximum Gasteiger partial charge on any atom is 0.330 e. The molecule has 262 valence electrons. The Hall–Kier alpha value is -4.00. The second-order valence-electron chi connectivity index (χ2n) is 14.2. The van der Waals surface area contributed by atoms with Crippen molar-refractivity contribution < 1.29 is 23.4 Å². The molecule has 0 radical (unpaired) electrons. The van der Waals surface area contributed by atoms with Crippen LogP contribution in [0, 0.1) is 6.92 Å². The van der Waals surface area contributed by atoms with Crippen LogP contribution in [0.1, 0.15) is 55.7 Å². The third-order valence-corrected chi connectivity index (χ3v) is 14.6. The number of nitrogens with two attached hydrogens (primary N) is 1. The molecule has 10 nitrogen and oxygen atoms in total. The Labute approximate surface area is 289 Å². The van der Waals surface area contributed by atoms with Gasteiger partial charge in [-0.05, 0) is 66.0 Å². The molecule has 0 amide bonds. The first kappa shape index (κ1) is 36.3. The van der Waals surface area contributed by atoms with Crippen molar-refractivity contribution in [2.24, 2.45) is 5.73 Å². The highest BCUT2D eigenvalue weighted by molar-refractivity contribution is 6.74. The highest BCUT2D eigenvalue weighted by Gasteiger charge is 2.55. The first-order chi connectivity index (χ1) is 23.2. The Bertz CT molecular complexity index is 1790. The number of aromatic amines is 1. The Balaban J connectivity index is 1.67. The van der Waals surface area contributed by atoms with E-state index in [4.69, 9.17) is 29.1 Å². The molecule has 0 bridgehead atoms. The van der Waals surface area contributed by atoms with Crippen LogP contribution < -0.4 is 26.5 Å². The van der Waals surface area contributed by atoms with Crippen LogP contribution in [0.3, 0.4) is 0 Å². The molecular weight excluding hydrogens is 639 g/mol. The van der Waals surface area contributed by atoms with Gasteiger partial charge in [-0.25, -0.2) is 4.79 Å². The van der Waals surface area contributed by atoms with Gasteiger partial charge in [0.2, 0.25) is 0 Å². The number of hydrogen-bond acceptors (Lipinski definition) is 8. The van der Waals surface area contributed by atoms with Gasteiger partial charge in [-0.1, -0.05) is 75.4 Å². The standard InChI is InChI=1S/C38H49N3O7Si/c1-26-23-41(35(43)40-34(26)42)33-22-32(48-49(7,8)36(2,3)4)37(24-39,47-33)25-46-38(27-12-10-9-11-13-27,28-14-18-30(44-5)19-15-28)29-16-20-31(45-6)21-17-29/h9-21,23,32-33H,22,24-25,39H2,1-8H3,(H,40,42,43)/t32?,33-,37-/m1/s1. The summed E-state index contributed by atoms with van der Waals surface area (Å²) in [6.07, 6.45) is 0.592. The Kier molecular flexibility index (Phi) is 10.4. The van der Waals surface area contributed by atoms with Crippen molar-refractivity contribution in [1.29, 1.82) is 0 Å². The number of rotatable bonds is 12. The van der Waals surface area contributed by atoms with Crippen molar-refractivity contribution in [2.75, 3.05) is 27.4 Å². The highest BCUT2D eigenvalue weighted by atomic mass is 28.4. The minimum Gasteiger partial charge on any atom is -0.497 e. The minimum atomic E-state index is -2.39. The normalized spacial score (nSPS) is 19.9. The van der Waals surface area contributed by atoms with Crippen LogP contribution >= 0.6 is 0 Å². The lowest BCUT2D eigenvalue weighted by atomic mass is 9.79. The molecule has 1 fully saturated rings. The number of benzene rings is 3. The van der Waals surface area contributed by atoms with E-state index in [2.05, 4.69) is 38.8 Å². The predicted octanol–water partition coefficient (Wildman–Crippen LogP) is 5.88. The van der Waals surface area contributed by atoms with Crippen molar-refractivity contribution in [3.05, 3.63) is 128 Å². The summed E-state index contributed by atoms with van der Waals surface area (Å²) in [5.74, 6) is 1.43. The van der Waals surface area contributed by atoms with Gasteiger partial charge in [0.25, 0.3) is 5.56 Å². The van der Waals surface area contributed by atoms with Gasteiger partial charge < -0.3 is 29.1 Å². The van der Waals surface area contributed by atoms with E-state index >= 15 is 0 Å². The molecule has 3 aromatic carbocycles. The van der Waals surface area contributed by atoms with E-state index < -0.39 is 43.1 Å². The van der Waals surface area contributed by atoms with Crippen molar-refractivity contribution in [3.63, 3.8) is 0 Å². The number of aryl methyl sites for hydroxylation is 1. The second-order valence-corrected chi connectivity index (χ2v) is 19.0. The van der Waals surface area contributed by atoms with Gasteiger partial charge >= 0.3 is 5.69 Å². The first-order valence-electron chi connectivity index (χ1n) is 16.6. The van der Waals surface area contributed by atoms with Crippen LogP contribution in [0.5, 0.6) is 11.5 Å². The molecular formula is C38H49N3O7Si. The van der Waals surface area contributed by atoms with Gasteiger partial charge in [-0.2, -0.15) is 0 Å². The fraction of sp³-hybridized carbons (Fsp3) is 0.421. The molecule has 5 rings (SSSR count). The first-order valence-corrected chi connectivity index (χ1v) is 19.5. The lowest BCUT2D eigenvalue weighted by Crippen LogP contribution is -2.57. The lowest BCUT2D eigenvalue weighted by Gasteiger charge is -2.44. The van der Waals surface area contributed by atoms with Gasteiger partial charge in [0.15, 0.2) is 8.32 Å². The molecule has 11 heteroatoms. The van der Waals surface area contributed by atoms with Gasteiger partial charge in [0, 0.05) is 24.7 Å². The van der Waals surface area contributed by atoms with E-state index in [0.717, 1.165) is 16.7 Å². The van der Waals surface area contributed by atoms with Crippen LogP contribution in [0.25, 0.3) is 0 Å². The number of nitrogens with zero attached hydrogens (tertiary/aromatic N) is 1. The topological polar surface area (TPSA) is 127 Å².